The zero-order valence-electron chi connectivity index (χ0n) is 12.5. The van der Waals surface area contributed by atoms with E-state index in [-0.39, 0.29) is 18.3 Å². The van der Waals surface area contributed by atoms with Gasteiger partial charge in [0.15, 0.2) is 6.61 Å². The van der Waals surface area contributed by atoms with Gasteiger partial charge in [0, 0.05) is 6.54 Å². The second-order valence-corrected chi connectivity index (χ2v) is 5.20. The lowest BCUT2D eigenvalue weighted by atomic mass is 10.1. The normalized spacial score (nSPS) is 10.5. The molecule has 116 valence electrons. The van der Waals surface area contributed by atoms with Crippen molar-refractivity contribution in [1.82, 2.24) is 5.32 Å². The molecule has 0 bridgehead atoms. The number of halogens is 1. The van der Waals surface area contributed by atoms with Gasteiger partial charge in [0.25, 0.3) is 5.91 Å². The van der Waals surface area contributed by atoms with Gasteiger partial charge in [-0.2, -0.15) is 0 Å². The molecule has 4 heteroatoms. The van der Waals surface area contributed by atoms with E-state index in [1.807, 2.05) is 36.4 Å². The van der Waals surface area contributed by atoms with Crippen molar-refractivity contribution in [3.8, 4) is 5.75 Å². The second-order valence-electron chi connectivity index (χ2n) is 5.20. The molecule has 23 heavy (non-hydrogen) atoms. The molecule has 0 spiro atoms. The first-order chi connectivity index (χ1) is 11.2. The van der Waals surface area contributed by atoms with Gasteiger partial charge in [-0.25, -0.2) is 4.39 Å². The highest BCUT2D eigenvalue weighted by molar-refractivity contribution is 5.83. The number of nitrogens with one attached hydrogen (secondary N) is 1. The molecule has 3 aromatic carbocycles. The van der Waals surface area contributed by atoms with E-state index in [0.29, 0.717) is 12.3 Å². The molecule has 0 aliphatic heterocycles. The van der Waals surface area contributed by atoms with Crippen LogP contribution in [0.3, 0.4) is 0 Å². The summed E-state index contributed by atoms with van der Waals surface area (Å²) >= 11 is 0. The van der Waals surface area contributed by atoms with Crippen molar-refractivity contribution < 1.29 is 13.9 Å². The van der Waals surface area contributed by atoms with Crippen LogP contribution < -0.4 is 10.1 Å². The number of carbonyl (C=O) groups excluding carboxylic acids is 1. The van der Waals surface area contributed by atoms with Crippen LogP contribution in [0.1, 0.15) is 5.56 Å². The Hall–Kier alpha value is -2.88. The quantitative estimate of drug-likeness (QED) is 0.781. The Balaban J connectivity index is 1.52. The predicted octanol–water partition coefficient (Wildman–Crippen LogP) is 3.67. The van der Waals surface area contributed by atoms with E-state index in [0.717, 1.165) is 10.9 Å². The van der Waals surface area contributed by atoms with E-state index in [1.165, 1.54) is 29.7 Å². The van der Waals surface area contributed by atoms with Crippen molar-refractivity contribution >= 4 is 16.7 Å². The Bertz CT molecular complexity index is 815. The highest BCUT2D eigenvalue weighted by Crippen LogP contribution is 2.15. The van der Waals surface area contributed by atoms with E-state index < -0.39 is 0 Å². The average molecular weight is 309 g/mol. The molecule has 0 aromatic heterocycles. The number of hydrogen-bond acceptors (Lipinski definition) is 2. The number of amides is 1. The third-order valence-electron chi connectivity index (χ3n) is 3.49. The van der Waals surface area contributed by atoms with Crippen LogP contribution >= 0.6 is 0 Å². The van der Waals surface area contributed by atoms with Crippen LogP contribution in [0.25, 0.3) is 10.8 Å². The van der Waals surface area contributed by atoms with Crippen molar-refractivity contribution in [3.05, 3.63) is 78.1 Å². The smallest absolute Gasteiger partial charge is 0.258 e. The van der Waals surface area contributed by atoms with Crippen LogP contribution in [0, 0.1) is 5.82 Å². The first-order valence-corrected chi connectivity index (χ1v) is 7.33. The van der Waals surface area contributed by atoms with E-state index in [4.69, 9.17) is 4.74 Å². The van der Waals surface area contributed by atoms with Crippen molar-refractivity contribution in [1.29, 1.82) is 0 Å². The van der Waals surface area contributed by atoms with Gasteiger partial charge in [-0.1, -0.05) is 36.4 Å². The SMILES string of the molecule is O=C(COc1ccc(F)cc1)NCc1ccc2ccccc2c1. The standard InChI is InChI=1S/C19H16FNO2/c20-17-7-9-18(10-8-17)23-13-19(22)21-12-14-5-6-15-3-1-2-4-16(15)11-14/h1-11H,12-13H2,(H,21,22). The van der Waals surface area contributed by atoms with Gasteiger partial charge < -0.3 is 10.1 Å². The molecule has 0 radical (unpaired) electrons. The molecule has 0 atom stereocenters. The summed E-state index contributed by atoms with van der Waals surface area (Å²) in [6.45, 7) is 0.343. The Morgan fingerprint density at radius 1 is 0.957 bits per heavy atom. The summed E-state index contributed by atoms with van der Waals surface area (Å²) in [4.78, 5) is 11.8. The van der Waals surface area contributed by atoms with E-state index >= 15 is 0 Å². The molecule has 3 rings (SSSR count). The zero-order valence-corrected chi connectivity index (χ0v) is 12.5. The van der Waals surface area contributed by atoms with Crippen LogP contribution in [0.4, 0.5) is 4.39 Å². The van der Waals surface area contributed by atoms with Crippen LogP contribution in [0.5, 0.6) is 5.75 Å². The van der Waals surface area contributed by atoms with Gasteiger partial charge in [-0.15, -0.1) is 0 Å². The third-order valence-corrected chi connectivity index (χ3v) is 3.49. The summed E-state index contributed by atoms with van der Waals surface area (Å²) in [5, 5.41) is 5.12. The number of rotatable bonds is 5. The minimum Gasteiger partial charge on any atom is -0.484 e. The van der Waals surface area contributed by atoms with Crippen LogP contribution in [-0.4, -0.2) is 12.5 Å². The van der Waals surface area contributed by atoms with Gasteiger partial charge in [-0.3, -0.25) is 4.79 Å². The maximum Gasteiger partial charge on any atom is 0.258 e. The maximum absolute atomic E-state index is 12.8. The van der Waals surface area contributed by atoms with Gasteiger partial charge in [0.1, 0.15) is 11.6 Å². The summed E-state index contributed by atoms with van der Waals surface area (Å²) in [5.74, 6) is -0.0900. The van der Waals surface area contributed by atoms with Crippen LogP contribution in [0.15, 0.2) is 66.7 Å². The van der Waals surface area contributed by atoms with Crippen molar-refractivity contribution in [2.45, 2.75) is 6.54 Å². The molecule has 0 saturated carbocycles. The minimum absolute atomic E-state index is 0.0980. The third kappa shape index (κ3) is 4.07. The molecule has 0 heterocycles. The number of hydrogen-bond donors (Lipinski definition) is 1. The molecule has 3 aromatic rings. The van der Waals surface area contributed by atoms with E-state index in [9.17, 15) is 9.18 Å². The lowest BCUT2D eigenvalue weighted by Gasteiger charge is -2.08. The Labute approximate surface area is 133 Å². The zero-order chi connectivity index (χ0) is 16.1. The van der Waals surface area contributed by atoms with Crippen molar-refractivity contribution in [2.75, 3.05) is 6.61 Å². The summed E-state index contributed by atoms with van der Waals surface area (Å²) in [6, 6.07) is 19.7. The number of benzene rings is 3. The predicted molar refractivity (Wildman–Crippen MR) is 87.7 cm³/mol. The molecule has 1 amide bonds. The van der Waals surface area contributed by atoms with Gasteiger partial charge in [-0.05, 0) is 46.7 Å². The van der Waals surface area contributed by atoms with Crippen molar-refractivity contribution in [3.63, 3.8) is 0 Å². The summed E-state index contributed by atoms with van der Waals surface area (Å²) in [7, 11) is 0. The lowest BCUT2D eigenvalue weighted by Crippen LogP contribution is -2.28. The fourth-order valence-corrected chi connectivity index (χ4v) is 2.28. The average Bonchev–Trinajstić information content (AvgIpc) is 2.59. The number of ether oxygens (including phenoxy) is 1. The summed E-state index contributed by atoms with van der Waals surface area (Å²) in [6.07, 6.45) is 0. The topological polar surface area (TPSA) is 38.3 Å². The summed E-state index contributed by atoms with van der Waals surface area (Å²) < 4.78 is 18.1. The molecule has 0 unspecified atom stereocenters. The highest BCUT2D eigenvalue weighted by atomic mass is 19.1. The largest absolute Gasteiger partial charge is 0.484 e. The summed E-state index contributed by atoms with van der Waals surface area (Å²) in [5.41, 5.74) is 1.03. The Morgan fingerprint density at radius 3 is 2.48 bits per heavy atom. The Morgan fingerprint density at radius 2 is 1.70 bits per heavy atom. The second kappa shape index (κ2) is 6.92. The molecule has 0 fully saturated rings. The lowest BCUT2D eigenvalue weighted by molar-refractivity contribution is -0.123. The van der Waals surface area contributed by atoms with Gasteiger partial charge in [0.2, 0.25) is 0 Å². The fraction of sp³-hybridized carbons (Fsp3) is 0.105. The molecule has 0 aliphatic rings. The van der Waals surface area contributed by atoms with Gasteiger partial charge >= 0.3 is 0 Å². The molecule has 0 saturated heterocycles. The highest BCUT2D eigenvalue weighted by Gasteiger charge is 2.04. The van der Waals surface area contributed by atoms with Crippen LogP contribution in [-0.2, 0) is 11.3 Å². The first-order valence-electron chi connectivity index (χ1n) is 7.33. The molecule has 1 N–H and O–H groups in total. The number of fused-ring (bicyclic) bond motifs is 1. The van der Waals surface area contributed by atoms with Crippen LogP contribution in [0.2, 0.25) is 0 Å². The maximum atomic E-state index is 12.8. The van der Waals surface area contributed by atoms with E-state index in [1.54, 1.807) is 0 Å². The molecular weight excluding hydrogens is 293 g/mol. The molecular formula is C19H16FNO2. The van der Waals surface area contributed by atoms with Gasteiger partial charge in [0.05, 0.1) is 0 Å². The molecule has 0 aliphatic carbocycles. The minimum atomic E-state index is -0.335. The fourth-order valence-electron chi connectivity index (χ4n) is 2.28. The Kier molecular flexibility index (Phi) is 4.52. The monoisotopic (exact) mass is 309 g/mol. The number of carbonyl (C=O) groups is 1. The van der Waals surface area contributed by atoms with E-state index in [2.05, 4.69) is 11.4 Å². The molecule has 3 nitrogen and oxygen atoms in total. The van der Waals surface area contributed by atoms with Crippen molar-refractivity contribution in [2.24, 2.45) is 0 Å². The first kappa shape index (κ1) is 15.0.